The van der Waals surface area contributed by atoms with Gasteiger partial charge in [0.15, 0.2) is 9.84 Å². The number of pyridine rings is 1. The Morgan fingerprint density at radius 2 is 1.47 bits per heavy atom. The molecule has 0 amide bonds. The summed E-state index contributed by atoms with van der Waals surface area (Å²) < 4.78 is 107. The van der Waals surface area contributed by atoms with Crippen molar-refractivity contribution in [2.45, 2.75) is 24.2 Å². The summed E-state index contributed by atoms with van der Waals surface area (Å²) in [6.07, 6.45) is -8.96. The summed E-state index contributed by atoms with van der Waals surface area (Å²) in [6, 6.07) is 4.10. The first-order chi connectivity index (χ1) is 13.8. The third-order valence-electron chi connectivity index (χ3n) is 3.98. The summed E-state index contributed by atoms with van der Waals surface area (Å²) in [5, 5.41) is 7.21. The number of benzene rings is 1. The fraction of sp³-hybridized carbons (Fsp3) is 0.235. The minimum atomic E-state index is -4.83. The van der Waals surface area contributed by atoms with Gasteiger partial charge < -0.3 is 4.42 Å². The van der Waals surface area contributed by atoms with Crippen LogP contribution in [0.2, 0.25) is 0 Å². The van der Waals surface area contributed by atoms with Gasteiger partial charge in [0.25, 0.3) is 5.89 Å². The molecule has 3 rings (SSSR count). The Bertz CT molecular complexity index is 1170. The predicted octanol–water partition coefficient (Wildman–Crippen LogP) is 4.63. The van der Waals surface area contributed by atoms with Gasteiger partial charge in [-0.15, -0.1) is 10.2 Å². The van der Waals surface area contributed by atoms with Gasteiger partial charge in [0.1, 0.15) is 5.69 Å². The molecule has 0 spiro atoms. The second kappa shape index (κ2) is 7.38. The van der Waals surface area contributed by atoms with Crippen LogP contribution in [0, 0.1) is 0 Å². The van der Waals surface area contributed by atoms with E-state index in [0.29, 0.717) is 12.3 Å². The number of sulfone groups is 1. The molecule has 0 atom stereocenters. The lowest BCUT2D eigenvalue weighted by atomic mass is 10.1. The topological polar surface area (TPSA) is 86.0 Å². The van der Waals surface area contributed by atoms with Crippen molar-refractivity contribution in [3.05, 3.63) is 47.7 Å². The molecule has 0 aliphatic carbocycles. The van der Waals surface area contributed by atoms with E-state index in [1.165, 1.54) is 6.92 Å². The van der Waals surface area contributed by atoms with E-state index in [4.69, 9.17) is 4.42 Å². The second-order valence-corrected chi connectivity index (χ2v) is 8.21. The van der Waals surface area contributed by atoms with Gasteiger partial charge >= 0.3 is 12.4 Å². The van der Waals surface area contributed by atoms with Crippen molar-refractivity contribution < 1.29 is 39.2 Å². The van der Waals surface area contributed by atoms with E-state index in [1.54, 1.807) is 0 Å². The monoisotopic (exact) mass is 451 g/mol. The molecule has 0 aliphatic heterocycles. The van der Waals surface area contributed by atoms with Gasteiger partial charge in [-0.25, -0.2) is 13.4 Å². The summed E-state index contributed by atoms with van der Waals surface area (Å²) in [4.78, 5) is 2.79. The third kappa shape index (κ3) is 4.30. The Morgan fingerprint density at radius 1 is 0.900 bits per heavy atom. The highest BCUT2D eigenvalue weighted by molar-refractivity contribution is 7.91. The number of halogens is 6. The van der Waals surface area contributed by atoms with Crippen molar-refractivity contribution in [2.24, 2.45) is 0 Å². The zero-order valence-corrected chi connectivity index (χ0v) is 15.7. The molecule has 13 heteroatoms. The lowest BCUT2D eigenvalue weighted by Crippen LogP contribution is -2.12. The van der Waals surface area contributed by atoms with Crippen molar-refractivity contribution in [3.8, 4) is 23.0 Å². The zero-order valence-electron chi connectivity index (χ0n) is 14.9. The molecule has 0 fully saturated rings. The zero-order chi connectivity index (χ0) is 22.3. The fourth-order valence-corrected chi connectivity index (χ4v) is 3.44. The van der Waals surface area contributed by atoms with E-state index in [2.05, 4.69) is 15.2 Å². The maximum atomic E-state index is 13.0. The van der Waals surface area contributed by atoms with E-state index >= 15 is 0 Å². The molecular formula is C17H11F6N3O3S. The van der Waals surface area contributed by atoms with Crippen LogP contribution in [-0.4, -0.2) is 29.4 Å². The fourth-order valence-electron chi connectivity index (χ4n) is 2.39. The van der Waals surface area contributed by atoms with E-state index in [9.17, 15) is 34.8 Å². The Morgan fingerprint density at radius 3 is 2.00 bits per heavy atom. The van der Waals surface area contributed by atoms with Crippen LogP contribution >= 0.6 is 0 Å². The van der Waals surface area contributed by atoms with Crippen molar-refractivity contribution >= 4 is 9.84 Å². The van der Waals surface area contributed by atoms with Crippen LogP contribution in [0.25, 0.3) is 23.0 Å². The van der Waals surface area contributed by atoms with Gasteiger partial charge in [0.05, 0.1) is 21.8 Å². The molecular weight excluding hydrogens is 440 g/mol. The van der Waals surface area contributed by atoms with E-state index in [-0.39, 0.29) is 11.5 Å². The molecule has 0 aliphatic rings. The van der Waals surface area contributed by atoms with Crippen LogP contribution in [0.1, 0.15) is 18.1 Å². The number of nitrogens with zero attached hydrogens (tertiary/aromatic N) is 3. The molecule has 160 valence electrons. The average Bonchev–Trinajstić information content (AvgIpc) is 3.16. The summed E-state index contributed by atoms with van der Waals surface area (Å²) in [7, 11) is -4.15. The van der Waals surface area contributed by atoms with Crippen molar-refractivity contribution in [2.75, 3.05) is 5.75 Å². The summed E-state index contributed by atoms with van der Waals surface area (Å²) in [5.41, 5.74) is -2.59. The van der Waals surface area contributed by atoms with Crippen LogP contribution in [-0.2, 0) is 22.2 Å². The van der Waals surface area contributed by atoms with Gasteiger partial charge in [0, 0.05) is 11.8 Å². The molecule has 2 heterocycles. The molecule has 30 heavy (non-hydrogen) atoms. The highest BCUT2D eigenvalue weighted by Crippen LogP contribution is 2.35. The largest absolute Gasteiger partial charge is 0.417 e. The van der Waals surface area contributed by atoms with Gasteiger partial charge in [-0.05, 0) is 30.3 Å². The molecule has 0 saturated carbocycles. The van der Waals surface area contributed by atoms with Gasteiger partial charge in [-0.2, -0.15) is 26.3 Å². The SMILES string of the molecule is CCS(=O)(=O)c1cc(C(F)(F)F)cnc1-c1nnc(-c2ccc(C(F)(F)F)cc2)o1. The average molecular weight is 451 g/mol. The summed E-state index contributed by atoms with van der Waals surface area (Å²) >= 11 is 0. The van der Waals surface area contributed by atoms with Crippen molar-refractivity contribution in [3.63, 3.8) is 0 Å². The van der Waals surface area contributed by atoms with Crippen molar-refractivity contribution in [1.29, 1.82) is 0 Å². The first-order valence-corrected chi connectivity index (χ1v) is 9.79. The molecule has 0 bridgehead atoms. The standard InChI is InChI=1S/C17H11F6N3O3S/c1-2-30(27,28)12-7-11(17(21,22)23)8-24-13(12)15-26-25-14(29-15)9-3-5-10(6-4-9)16(18,19)20/h3-8H,2H2,1H3. The summed E-state index contributed by atoms with van der Waals surface area (Å²) in [6.45, 7) is 1.24. The van der Waals surface area contributed by atoms with Crippen LogP contribution in [0.5, 0.6) is 0 Å². The minimum Gasteiger partial charge on any atom is -0.415 e. The van der Waals surface area contributed by atoms with Crippen molar-refractivity contribution in [1.82, 2.24) is 15.2 Å². The van der Waals surface area contributed by atoms with Crippen LogP contribution in [0.4, 0.5) is 26.3 Å². The van der Waals surface area contributed by atoms with Gasteiger partial charge in [-0.1, -0.05) is 6.92 Å². The van der Waals surface area contributed by atoms with E-state index in [1.807, 2.05) is 0 Å². The Labute approximate surface area is 165 Å². The highest BCUT2D eigenvalue weighted by Gasteiger charge is 2.34. The molecule has 0 saturated heterocycles. The lowest BCUT2D eigenvalue weighted by molar-refractivity contribution is -0.138. The normalized spacial score (nSPS) is 12.9. The number of aromatic nitrogens is 3. The molecule has 3 aromatic rings. The smallest absolute Gasteiger partial charge is 0.415 e. The highest BCUT2D eigenvalue weighted by atomic mass is 32.2. The summed E-state index contributed by atoms with van der Waals surface area (Å²) in [5.74, 6) is -1.27. The first kappa shape index (κ1) is 21.7. The van der Waals surface area contributed by atoms with Gasteiger partial charge in [0.2, 0.25) is 5.89 Å². The molecule has 0 radical (unpaired) electrons. The number of alkyl halides is 6. The molecule has 6 nitrogen and oxygen atoms in total. The van der Waals surface area contributed by atoms with Crippen LogP contribution in [0.3, 0.4) is 0 Å². The Kier molecular flexibility index (Phi) is 5.35. The van der Waals surface area contributed by atoms with Crippen LogP contribution < -0.4 is 0 Å². The predicted molar refractivity (Wildman–Crippen MR) is 90.7 cm³/mol. The third-order valence-corrected chi connectivity index (χ3v) is 5.72. The minimum absolute atomic E-state index is 0.0913. The van der Waals surface area contributed by atoms with Crippen LogP contribution in [0.15, 0.2) is 45.8 Å². The second-order valence-electron chi connectivity index (χ2n) is 5.96. The van der Waals surface area contributed by atoms with Gasteiger partial charge in [-0.3, -0.25) is 0 Å². The lowest BCUT2D eigenvalue weighted by Gasteiger charge is -2.10. The number of hydrogen-bond donors (Lipinski definition) is 0. The number of hydrogen-bond acceptors (Lipinski definition) is 6. The number of rotatable bonds is 4. The quantitative estimate of drug-likeness (QED) is 0.538. The molecule has 0 unspecified atom stereocenters. The Hall–Kier alpha value is -2.96. The first-order valence-electron chi connectivity index (χ1n) is 8.14. The maximum absolute atomic E-state index is 13.0. The Balaban J connectivity index is 2.06. The molecule has 0 N–H and O–H groups in total. The van der Waals surface area contributed by atoms with E-state index in [0.717, 1.165) is 24.3 Å². The molecule has 2 aromatic heterocycles. The van der Waals surface area contributed by atoms with E-state index < -0.39 is 55.5 Å². The maximum Gasteiger partial charge on any atom is 0.417 e. The molecule has 1 aromatic carbocycles.